The lowest BCUT2D eigenvalue weighted by molar-refractivity contribution is -0.124. The minimum absolute atomic E-state index is 0.139. The lowest BCUT2D eigenvalue weighted by atomic mass is 10.00. The van der Waals surface area contributed by atoms with Crippen molar-refractivity contribution in [3.05, 3.63) is 75.0 Å². The van der Waals surface area contributed by atoms with Crippen LogP contribution in [0.25, 0.3) is 0 Å². The summed E-state index contributed by atoms with van der Waals surface area (Å²) < 4.78 is 0. The van der Waals surface area contributed by atoms with Gasteiger partial charge in [0, 0.05) is 39.9 Å². The minimum Gasteiger partial charge on any atom is -0.353 e. The van der Waals surface area contributed by atoms with Gasteiger partial charge in [0.2, 0.25) is 5.91 Å². The predicted octanol–water partition coefficient (Wildman–Crippen LogP) is 7.07. The molecule has 1 aromatic heterocycles. The summed E-state index contributed by atoms with van der Waals surface area (Å²) in [4.78, 5) is 20.8. The van der Waals surface area contributed by atoms with E-state index in [9.17, 15) is 4.79 Å². The molecule has 1 aliphatic carbocycles. The first kappa shape index (κ1) is 23.1. The van der Waals surface area contributed by atoms with Gasteiger partial charge in [0.1, 0.15) is 0 Å². The molecule has 1 unspecified atom stereocenters. The van der Waals surface area contributed by atoms with Crippen LogP contribution < -0.4 is 5.32 Å². The third kappa shape index (κ3) is 5.81. The van der Waals surface area contributed by atoms with Crippen LogP contribution in [0.1, 0.15) is 61.5 Å². The van der Waals surface area contributed by atoms with Crippen LogP contribution in [0.3, 0.4) is 0 Å². The number of benzene rings is 1. The van der Waals surface area contributed by atoms with E-state index >= 15 is 0 Å². The van der Waals surface area contributed by atoms with Crippen LogP contribution in [0.2, 0.25) is 0 Å². The average molecular weight is 465 g/mol. The summed E-state index contributed by atoms with van der Waals surface area (Å²) in [7, 11) is 0. The Hall–Kier alpha value is -2.11. The van der Waals surface area contributed by atoms with Crippen molar-refractivity contribution in [1.29, 1.82) is 0 Å². The first-order valence-electron chi connectivity index (χ1n) is 11.7. The molecule has 1 amide bonds. The number of carbonyl (C=O) groups is 1. The zero-order chi connectivity index (χ0) is 22.3. The fraction of sp³-hybridized carbons (Fsp3) is 0.407. The molecule has 1 N–H and O–H groups in total. The molecular formula is C27H32N2OS2. The molecular weight excluding hydrogens is 432 g/mol. The van der Waals surface area contributed by atoms with E-state index in [0.717, 1.165) is 37.1 Å². The Bertz CT molecular complexity index is 1030. The summed E-state index contributed by atoms with van der Waals surface area (Å²) in [5, 5.41) is 7.59. The number of carbonyl (C=O) groups excluding carboxylic acids is 1. The van der Waals surface area contributed by atoms with Crippen LogP contribution in [-0.2, 0) is 11.2 Å². The highest BCUT2D eigenvalue weighted by atomic mass is 32.2. The number of hydrogen-bond acceptors (Lipinski definition) is 4. The van der Waals surface area contributed by atoms with Gasteiger partial charge in [0.25, 0.3) is 0 Å². The molecule has 1 aromatic carbocycles. The van der Waals surface area contributed by atoms with E-state index in [-0.39, 0.29) is 11.8 Å². The molecule has 1 fully saturated rings. The standard InChI is InChI=1S/C27H32N2OS2/c1-3-4-9-20(27(30)29-21-10-5-6-11-21)16-22-18-32-25-13-8-7-12-23(25)24(28-22)17-26-19(2)14-15-31-26/h4,7-9,12-15,18,20-21H,3,5-6,10-11,16-17H2,1-2H3,(H,29,30)/b9-4-. The van der Waals surface area contributed by atoms with Crippen molar-refractivity contribution in [2.75, 3.05) is 0 Å². The molecule has 0 radical (unpaired) electrons. The molecule has 2 heterocycles. The van der Waals surface area contributed by atoms with Crippen molar-refractivity contribution < 1.29 is 4.79 Å². The second kappa shape index (κ2) is 11.2. The van der Waals surface area contributed by atoms with Crippen LogP contribution in [-0.4, -0.2) is 17.7 Å². The lowest BCUT2D eigenvalue weighted by Crippen LogP contribution is -2.37. The summed E-state index contributed by atoms with van der Waals surface area (Å²) in [6.07, 6.45) is 11.2. The number of aryl methyl sites for hydroxylation is 1. The van der Waals surface area contributed by atoms with Crippen LogP contribution in [0.4, 0.5) is 0 Å². The first-order chi connectivity index (χ1) is 15.6. The second-order valence-corrected chi connectivity index (χ2v) is 10.5. The highest BCUT2D eigenvalue weighted by molar-refractivity contribution is 8.02. The van der Waals surface area contributed by atoms with Gasteiger partial charge < -0.3 is 5.32 Å². The summed E-state index contributed by atoms with van der Waals surface area (Å²) in [6, 6.07) is 11.0. The SMILES string of the molecule is CC/C=C\C(CC1=CSc2ccccc2C(Cc2sccc2C)=N1)C(=O)NC1CCCC1. The van der Waals surface area contributed by atoms with Gasteiger partial charge in [0.15, 0.2) is 0 Å². The lowest BCUT2D eigenvalue weighted by Gasteiger charge is -2.18. The maximum absolute atomic E-state index is 13.1. The molecule has 168 valence electrons. The fourth-order valence-corrected chi connectivity index (χ4v) is 6.11. The van der Waals surface area contributed by atoms with Crippen molar-refractivity contribution >= 4 is 34.7 Å². The fourth-order valence-electron chi connectivity index (χ4n) is 4.32. The minimum atomic E-state index is -0.183. The van der Waals surface area contributed by atoms with Gasteiger partial charge in [-0.15, -0.1) is 11.3 Å². The normalized spacial score (nSPS) is 17.6. The summed E-state index contributed by atoms with van der Waals surface area (Å²) in [5.41, 5.74) is 4.60. The molecule has 5 heteroatoms. The number of thiophene rings is 1. The molecule has 0 bridgehead atoms. The van der Waals surface area contributed by atoms with Crippen LogP contribution in [0.15, 0.2) is 68.9 Å². The van der Waals surface area contributed by atoms with Gasteiger partial charge in [-0.2, -0.15) is 0 Å². The van der Waals surface area contributed by atoms with Crippen LogP contribution in [0.5, 0.6) is 0 Å². The smallest absolute Gasteiger partial charge is 0.227 e. The van der Waals surface area contributed by atoms with Crippen LogP contribution >= 0.6 is 23.1 Å². The number of thioether (sulfide) groups is 1. The second-order valence-electron chi connectivity index (χ2n) is 8.62. The number of hydrogen-bond donors (Lipinski definition) is 1. The topological polar surface area (TPSA) is 41.5 Å². The molecule has 1 saturated carbocycles. The molecule has 3 nitrogen and oxygen atoms in total. The predicted molar refractivity (Wildman–Crippen MR) is 138 cm³/mol. The molecule has 0 saturated heterocycles. The quantitative estimate of drug-likeness (QED) is 0.425. The van der Waals surface area contributed by atoms with Gasteiger partial charge in [-0.3, -0.25) is 9.79 Å². The molecule has 32 heavy (non-hydrogen) atoms. The maximum atomic E-state index is 13.1. The van der Waals surface area contributed by atoms with E-state index in [1.165, 1.54) is 33.7 Å². The molecule has 1 aliphatic heterocycles. The number of allylic oxidation sites excluding steroid dienone is 2. The van der Waals surface area contributed by atoms with Crippen molar-refractivity contribution in [1.82, 2.24) is 5.32 Å². The Morgan fingerprint density at radius 3 is 2.81 bits per heavy atom. The number of aliphatic imine (C=N–C) groups is 1. The number of rotatable bonds is 8. The molecule has 2 aliphatic rings. The zero-order valence-corrected chi connectivity index (χ0v) is 20.6. The Morgan fingerprint density at radius 2 is 2.06 bits per heavy atom. The molecule has 2 aromatic rings. The van der Waals surface area contributed by atoms with Gasteiger partial charge in [-0.05, 0) is 54.7 Å². The van der Waals surface area contributed by atoms with Crippen molar-refractivity contribution in [3.63, 3.8) is 0 Å². The molecule has 1 atom stereocenters. The maximum Gasteiger partial charge on any atom is 0.227 e. The zero-order valence-electron chi connectivity index (χ0n) is 19.0. The van der Waals surface area contributed by atoms with E-state index in [1.807, 2.05) is 0 Å². The Morgan fingerprint density at radius 1 is 1.25 bits per heavy atom. The van der Waals surface area contributed by atoms with E-state index < -0.39 is 0 Å². The third-order valence-electron chi connectivity index (χ3n) is 6.17. The molecule has 0 spiro atoms. The summed E-state index contributed by atoms with van der Waals surface area (Å²) in [5.74, 6) is -0.0443. The highest BCUT2D eigenvalue weighted by Crippen LogP contribution is 2.33. The number of nitrogens with zero attached hydrogens (tertiary/aromatic N) is 1. The highest BCUT2D eigenvalue weighted by Gasteiger charge is 2.24. The van der Waals surface area contributed by atoms with Crippen LogP contribution in [0, 0.1) is 12.8 Å². The number of amides is 1. The number of nitrogens with one attached hydrogen (secondary N) is 1. The number of fused-ring (bicyclic) bond motifs is 1. The van der Waals surface area contributed by atoms with Crippen molar-refractivity contribution in [2.24, 2.45) is 10.9 Å². The Labute approximate surface area is 200 Å². The monoisotopic (exact) mass is 464 g/mol. The van der Waals surface area contributed by atoms with Gasteiger partial charge in [0.05, 0.1) is 11.6 Å². The third-order valence-corrected chi connectivity index (χ3v) is 8.19. The molecule has 4 rings (SSSR count). The Balaban J connectivity index is 1.59. The summed E-state index contributed by atoms with van der Waals surface area (Å²) >= 11 is 3.51. The van der Waals surface area contributed by atoms with Gasteiger partial charge in [-0.25, -0.2) is 0 Å². The van der Waals surface area contributed by atoms with Crippen molar-refractivity contribution in [3.8, 4) is 0 Å². The van der Waals surface area contributed by atoms with E-state index in [2.05, 4.69) is 72.4 Å². The Kier molecular flexibility index (Phi) is 8.04. The first-order valence-corrected chi connectivity index (χ1v) is 13.4. The van der Waals surface area contributed by atoms with Gasteiger partial charge >= 0.3 is 0 Å². The average Bonchev–Trinajstić information content (AvgIpc) is 3.42. The van der Waals surface area contributed by atoms with E-state index in [4.69, 9.17) is 4.99 Å². The largest absolute Gasteiger partial charge is 0.353 e. The summed E-state index contributed by atoms with van der Waals surface area (Å²) in [6.45, 7) is 4.28. The van der Waals surface area contributed by atoms with E-state index in [1.54, 1.807) is 23.1 Å². The van der Waals surface area contributed by atoms with E-state index in [0.29, 0.717) is 12.5 Å². The van der Waals surface area contributed by atoms with Crippen molar-refractivity contribution in [2.45, 2.75) is 69.7 Å². The van der Waals surface area contributed by atoms with Gasteiger partial charge in [-0.1, -0.05) is 61.9 Å².